The van der Waals surface area contributed by atoms with E-state index in [-0.39, 0.29) is 0 Å². The first-order valence-corrected chi connectivity index (χ1v) is 6.95. The highest BCUT2D eigenvalue weighted by Gasteiger charge is 2.02. The minimum Gasteiger partial charge on any atom is -0.496 e. The lowest BCUT2D eigenvalue weighted by atomic mass is 10.3. The van der Waals surface area contributed by atoms with Crippen LogP contribution in [0.5, 0.6) is 5.75 Å². The van der Waals surface area contributed by atoms with Gasteiger partial charge in [-0.05, 0) is 40.2 Å². The summed E-state index contributed by atoms with van der Waals surface area (Å²) in [5.74, 6) is 0.809. The Hall–Kier alpha value is -1.51. The number of methoxy groups -OCH3 is 1. The van der Waals surface area contributed by atoms with Gasteiger partial charge in [0.1, 0.15) is 11.8 Å². The van der Waals surface area contributed by atoms with Gasteiger partial charge < -0.3 is 10.1 Å². The van der Waals surface area contributed by atoms with Gasteiger partial charge >= 0.3 is 0 Å². The van der Waals surface area contributed by atoms with E-state index >= 15 is 0 Å². The van der Waals surface area contributed by atoms with Gasteiger partial charge in [0, 0.05) is 22.5 Å². The first kappa shape index (κ1) is 12.9. The number of hydrogen-bond acceptors (Lipinski definition) is 4. The number of nitrogens with one attached hydrogen (secondary N) is 1. The third-order valence-corrected chi connectivity index (χ3v) is 3.96. The number of nitriles is 1. The maximum atomic E-state index is 8.75. The van der Waals surface area contributed by atoms with E-state index in [4.69, 9.17) is 10.00 Å². The zero-order valence-corrected chi connectivity index (χ0v) is 12.1. The molecule has 0 spiro atoms. The lowest BCUT2D eigenvalue weighted by Gasteiger charge is -2.08. The number of rotatable bonds is 4. The molecular formula is C13H11BrN2OS. The highest BCUT2D eigenvalue weighted by molar-refractivity contribution is 9.10. The Morgan fingerprint density at radius 3 is 2.89 bits per heavy atom. The van der Waals surface area contributed by atoms with Crippen molar-refractivity contribution >= 4 is 33.0 Å². The molecule has 92 valence electrons. The van der Waals surface area contributed by atoms with E-state index in [0.717, 1.165) is 20.8 Å². The maximum Gasteiger partial charge on any atom is 0.133 e. The molecule has 0 saturated carbocycles. The highest BCUT2D eigenvalue weighted by Crippen LogP contribution is 2.28. The lowest BCUT2D eigenvalue weighted by molar-refractivity contribution is 0.412. The van der Waals surface area contributed by atoms with Crippen LogP contribution in [0.3, 0.4) is 0 Å². The SMILES string of the molecule is COc1ccc(NCc2cc(C#N)cs2)cc1Br. The van der Waals surface area contributed by atoms with Crippen molar-refractivity contribution in [2.24, 2.45) is 0 Å². The van der Waals surface area contributed by atoms with Crippen LogP contribution in [-0.4, -0.2) is 7.11 Å². The van der Waals surface area contributed by atoms with Gasteiger partial charge in [0.05, 0.1) is 17.1 Å². The molecule has 0 fully saturated rings. The fraction of sp³-hybridized carbons (Fsp3) is 0.154. The highest BCUT2D eigenvalue weighted by atomic mass is 79.9. The summed E-state index contributed by atoms with van der Waals surface area (Å²) >= 11 is 5.03. The number of ether oxygens (including phenoxy) is 1. The molecule has 2 aromatic rings. The van der Waals surface area contributed by atoms with Gasteiger partial charge in [0.2, 0.25) is 0 Å². The Kier molecular flexibility index (Phi) is 4.24. The first-order valence-electron chi connectivity index (χ1n) is 5.28. The van der Waals surface area contributed by atoms with Gasteiger partial charge in [0.25, 0.3) is 0 Å². The van der Waals surface area contributed by atoms with Crippen molar-refractivity contribution in [1.82, 2.24) is 0 Å². The molecule has 3 nitrogen and oxygen atoms in total. The molecule has 2 rings (SSSR count). The van der Waals surface area contributed by atoms with Crippen LogP contribution in [0.4, 0.5) is 5.69 Å². The van der Waals surface area contributed by atoms with Gasteiger partial charge in [0.15, 0.2) is 0 Å². The Balaban J connectivity index is 2.02. The van der Waals surface area contributed by atoms with Crippen LogP contribution in [0.1, 0.15) is 10.4 Å². The molecule has 1 aromatic carbocycles. The molecule has 0 aliphatic rings. The van der Waals surface area contributed by atoms with E-state index < -0.39 is 0 Å². The molecule has 0 unspecified atom stereocenters. The summed E-state index contributed by atoms with van der Waals surface area (Å²) in [5, 5.41) is 13.9. The lowest BCUT2D eigenvalue weighted by Crippen LogP contribution is -1.97. The van der Waals surface area contributed by atoms with Crippen molar-refractivity contribution in [2.75, 3.05) is 12.4 Å². The Labute approximate surface area is 118 Å². The Morgan fingerprint density at radius 2 is 2.28 bits per heavy atom. The van der Waals surface area contributed by atoms with Gasteiger partial charge in [-0.3, -0.25) is 0 Å². The summed E-state index contributed by atoms with van der Waals surface area (Å²) in [6.07, 6.45) is 0. The average Bonchev–Trinajstić information content (AvgIpc) is 2.84. The van der Waals surface area contributed by atoms with Crippen molar-refractivity contribution in [3.8, 4) is 11.8 Å². The van der Waals surface area contributed by atoms with Gasteiger partial charge in [-0.25, -0.2) is 0 Å². The summed E-state index contributed by atoms with van der Waals surface area (Å²) in [6.45, 7) is 0.713. The van der Waals surface area contributed by atoms with E-state index in [0.29, 0.717) is 12.1 Å². The standard InChI is InChI=1S/C13H11BrN2OS/c1-17-13-3-2-10(5-12(13)14)16-7-11-4-9(6-15)8-18-11/h2-5,8,16H,7H2,1H3. The number of nitrogens with zero attached hydrogens (tertiary/aromatic N) is 1. The molecule has 0 atom stereocenters. The zero-order chi connectivity index (χ0) is 13.0. The van der Waals surface area contributed by atoms with Gasteiger partial charge in [-0.15, -0.1) is 11.3 Å². The summed E-state index contributed by atoms with van der Waals surface area (Å²) < 4.78 is 6.09. The van der Waals surface area contributed by atoms with Crippen LogP contribution in [-0.2, 0) is 6.54 Å². The van der Waals surface area contributed by atoms with Crippen molar-refractivity contribution in [2.45, 2.75) is 6.54 Å². The second kappa shape index (κ2) is 5.89. The van der Waals surface area contributed by atoms with Crippen molar-refractivity contribution < 1.29 is 4.74 Å². The summed E-state index contributed by atoms with van der Waals surface area (Å²) in [5.41, 5.74) is 1.72. The molecule has 0 aliphatic heterocycles. The number of benzene rings is 1. The van der Waals surface area contributed by atoms with Crippen LogP contribution < -0.4 is 10.1 Å². The van der Waals surface area contributed by atoms with E-state index in [1.807, 2.05) is 29.6 Å². The minimum absolute atomic E-state index is 0.713. The van der Waals surface area contributed by atoms with Crippen molar-refractivity contribution in [3.63, 3.8) is 0 Å². The fourth-order valence-corrected chi connectivity index (χ4v) is 2.79. The molecule has 5 heteroatoms. The molecule has 0 bridgehead atoms. The number of hydrogen-bond donors (Lipinski definition) is 1. The maximum absolute atomic E-state index is 8.75. The van der Waals surface area contributed by atoms with E-state index in [1.165, 1.54) is 0 Å². The number of halogens is 1. The Bertz CT molecular complexity index is 589. The van der Waals surface area contributed by atoms with Crippen LogP contribution >= 0.6 is 27.3 Å². The minimum atomic E-state index is 0.713. The third-order valence-electron chi connectivity index (χ3n) is 2.40. The summed E-state index contributed by atoms with van der Waals surface area (Å²) in [7, 11) is 1.64. The van der Waals surface area contributed by atoms with Gasteiger partial charge in [-0.2, -0.15) is 5.26 Å². The molecule has 0 saturated heterocycles. The van der Waals surface area contributed by atoms with E-state index in [9.17, 15) is 0 Å². The Morgan fingerprint density at radius 1 is 1.44 bits per heavy atom. The third kappa shape index (κ3) is 3.03. The van der Waals surface area contributed by atoms with Gasteiger partial charge in [-0.1, -0.05) is 0 Å². The second-order valence-electron chi connectivity index (χ2n) is 3.62. The molecule has 18 heavy (non-hydrogen) atoms. The molecule has 0 radical (unpaired) electrons. The topological polar surface area (TPSA) is 45.0 Å². The van der Waals surface area contributed by atoms with Crippen LogP contribution in [0, 0.1) is 11.3 Å². The zero-order valence-electron chi connectivity index (χ0n) is 9.74. The molecule has 0 aliphatic carbocycles. The van der Waals surface area contributed by atoms with Crippen molar-refractivity contribution in [1.29, 1.82) is 5.26 Å². The van der Waals surface area contributed by atoms with E-state index in [2.05, 4.69) is 27.3 Å². The smallest absolute Gasteiger partial charge is 0.133 e. The predicted octanol–water partition coefficient (Wildman–Crippen LogP) is 4.00. The number of thiophene rings is 1. The van der Waals surface area contributed by atoms with E-state index in [1.54, 1.807) is 18.4 Å². The van der Waals surface area contributed by atoms with Crippen LogP contribution in [0.25, 0.3) is 0 Å². The van der Waals surface area contributed by atoms with Crippen LogP contribution in [0.2, 0.25) is 0 Å². The molecular weight excluding hydrogens is 312 g/mol. The summed E-state index contributed by atoms with van der Waals surface area (Å²) in [4.78, 5) is 1.14. The molecule has 0 amide bonds. The van der Waals surface area contributed by atoms with Crippen LogP contribution in [0.15, 0.2) is 34.1 Å². The molecule has 1 heterocycles. The quantitative estimate of drug-likeness (QED) is 0.925. The number of anilines is 1. The molecule has 1 N–H and O–H groups in total. The van der Waals surface area contributed by atoms with Crippen molar-refractivity contribution in [3.05, 3.63) is 44.6 Å². The monoisotopic (exact) mass is 322 g/mol. The molecule has 1 aromatic heterocycles. The predicted molar refractivity (Wildman–Crippen MR) is 77.1 cm³/mol. The normalized spacial score (nSPS) is 9.83. The second-order valence-corrected chi connectivity index (χ2v) is 5.47. The largest absolute Gasteiger partial charge is 0.496 e. The first-order chi connectivity index (χ1) is 8.72. The average molecular weight is 323 g/mol. The summed E-state index contributed by atoms with van der Waals surface area (Å²) in [6, 6.07) is 9.86. The fourth-order valence-electron chi connectivity index (χ4n) is 1.50.